The Morgan fingerprint density at radius 3 is 2.35 bits per heavy atom. The quantitative estimate of drug-likeness (QED) is 0.907. The Labute approximate surface area is 140 Å². The Morgan fingerprint density at radius 1 is 1.26 bits per heavy atom. The zero-order chi connectivity index (χ0) is 17.1. The lowest BCUT2D eigenvalue weighted by Gasteiger charge is -2.40. The van der Waals surface area contributed by atoms with Crippen LogP contribution in [0, 0.1) is 12.3 Å². The van der Waals surface area contributed by atoms with Gasteiger partial charge in [-0.3, -0.25) is 4.79 Å². The Bertz CT molecular complexity index is 531. The van der Waals surface area contributed by atoms with Gasteiger partial charge in [0.2, 0.25) is 5.91 Å². The van der Waals surface area contributed by atoms with Crippen LogP contribution in [0.15, 0.2) is 24.3 Å². The molecule has 4 heteroatoms. The highest BCUT2D eigenvalue weighted by atomic mass is 16.5. The van der Waals surface area contributed by atoms with Crippen molar-refractivity contribution < 1.29 is 9.53 Å². The maximum absolute atomic E-state index is 13.0. The van der Waals surface area contributed by atoms with Gasteiger partial charge >= 0.3 is 0 Å². The number of nitrogens with two attached hydrogens (primary N) is 1. The average molecular weight is 318 g/mol. The van der Waals surface area contributed by atoms with Crippen LogP contribution in [0.2, 0.25) is 0 Å². The number of ether oxygens (including phenoxy) is 1. The first-order valence-electron chi connectivity index (χ1n) is 8.41. The van der Waals surface area contributed by atoms with Gasteiger partial charge in [-0.25, -0.2) is 0 Å². The number of carbonyl (C=O) groups excluding carboxylic acids is 1. The predicted molar refractivity (Wildman–Crippen MR) is 93.4 cm³/mol. The lowest BCUT2D eigenvalue weighted by atomic mass is 9.78. The standard InChI is InChI=1S/C19H30N2O2/c1-15-5-7-16(8-6-15)18(2,3)14-21(4)17(22)19(13-20)9-11-23-12-10-19/h5-8H,9-14,20H2,1-4H3. The Morgan fingerprint density at radius 2 is 1.83 bits per heavy atom. The van der Waals surface area contributed by atoms with Gasteiger partial charge in [0.05, 0.1) is 5.41 Å². The molecule has 1 aromatic carbocycles. The second-order valence-corrected chi connectivity index (χ2v) is 7.51. The number of carbonyl (C=O) groups is 1. The summed E-state index contributed by atoms with van der Waals surface area (Å²) in [6.07, 6.45) is 1.44. The highest BCUT2D eigenvalue weighted by Gasteiger charge is 2.41. The molecule has 1 aromatic rings. The van der Waals surface area contributed by atoms with Gasteiger partial charge in [-0.05, 0) is 25.3 Å². The topological polar surface area (TPSA) is 55.6 Å². The van der Waals surface area contributed by atoms with Gasteiger partial charge in [0.1, 0.15) is 0 Å². The van der Waals surface area contributed by atoms with Gasteiger partial charge in [-0.2, -0.15) is 0 Å². The molecule has 0 spiro atoms. The third-order valence-electron chi connectivity index (χ3n) is 5.11. The lowest BCUT2D eigenvalue weighted by Crippen LogP contribution is -2.51. The maximum Gasteiger partial charge on any atom is 0.230 e. The second-order valence-electron chi connectivity index (χ2n) is 7.51. The molecule has 0 aromatic heterocycles. The number of rotatable bonds is 5. The van der Waals surface area contributed by atoms with Gasteiger partial charge in [0, 0.05) is 38.8 Å². The van der Waals surface area contributed by atoms with Crippen LogP contribution in [-0.2, 0) is 14.9 Å². The second kappa shape index (κ2) is 7.02. The van der Waals surface area contributed by atoms with E-state index in [1.54, 1.807) is 0 Å². The van der Waals surface area contributed by atoms with E-state index in [0.717, 1.165) is 12.8 Å². The van der Waals surface area contributed by atoms with E-state index in [2.05, 4.69) is 45.0 Å². The van der Waals surface area contributed by atoms with E-state index in [-0.39, 0.29) is 11.3 Å². The summed E-state index contributed by atoms with van der Waals surface area (Å²) < 4.78 is 5.41. The molecule has 0 bridgehead atoms. The lowest BCUT2D eigenvalue weighted by molar-refractivity contribution is -0.146. The van der Waals surface area contributed by atoms with E-state index >= 15 is 0 Å². The van der Waals surface area contributed by atoms with Crippen molar-refractivity contribution in [3.8, 4) is 0 Å². The van der Waals surface area contributed by atoms with Crippen LogP contribution < -0.4 is 5.73 Å². The molecule has 0 radical (unpaired) electrons. The zero-order valence-corrected chi connectivity index (χ0v) is 14.9. The van der Waals surface area contributed by atoms with Gasteiger partial charge in [0.15, 0.2) is 0 Å². The number of amides is 1. The van der Waals surface area contributed by atoms with Crippen LogP contribution in [0.25, 0.3) is 0 Å². The molecule has 0 unspecified atom stereocenters. The van der Waals surface area contributed by atoms with Crippen LogP contribution >= 0.6 is 0 Å². The number of likely N-dealkylation sites (N-methyl/N-ethyl adjacent to an activating group) is 1. The van der Waals surface area contributed by atoms with Crippen molar-refractivity contribution in [3.63, 3.8) is 0 Å². The molecule has 0 aliphatic carbocycles. The molecule has 128 valence electrons. The van der Waals surface area contributed by atoms with Gasteiger partial charge < -0.3 is 15.4 Å². The van der Waals surface area contributed by atoms with Crippen LogP contribution in [0.5, 0.6) is 0 Å². The van der Waals surface area contributed by atoms with E-state index in [4.69, 9.17) is 10.5 Å². The normalized spacial score (nSPS) is 17.8. The molecule has 1 aliphatic heterocycles. The van der Waals surface area contributed by atoms with Crippen molar-refractivity contribution in [3.05, 3.63) is 35.4 Å². The van der Waals surface area contributed by atoms with Gasteiger partial charge in [0.25, 0.3) is 0 Å². The van der Waals surface area contributed by atoms with E-state index in [1.165, 1.54) is 11.1 Å². The fourth-order valence-electron chi connectivity index (χ4n) is 3.43. The molecule has 2 N–H and O–H groups in total. The highest BCUT2D eigenvalue weighted by Crippen LogP contribution is 2.33. The largest absolute Gasteiger partial charge is 0.381 e. The number of hydrogen-bond donors (Lipinski definition) is 1. The third-order valence-corrected chi connectivity index (χ3v) is 5.11. The summed E-state index contributed by atoms with van der Waals surface area (Å²) in [6, 6.07) is 8.55. The van der Waals surface area contributed by atoms with E-state index < -0.39 is 5.41 Å². The molecule has 4 nitrogen and oxygen atoms in total. The molecule has 1 aliphatic rings. The summed E-state index contributed by atoms with van der Waals surface area (Å²) >= 11 is 0. The van der Waals surface area contributed by atoms with Crippen LogP contribution in [-0.4, -0.2) is 44.2 Å². The molecule has 1 amide bonds. The molecule has 0 atom stereocenters. The van der Waals surface area contributed by atoms with E-state index in [1.807, 2.05) is 11.9 Å². The fraction of sp³-hybridized carbons (Fsp3) is 0.632. The summed E-state index contributed by atoms with van der Waals surface area (Å²) in [7, 11) is 1.89. The fourth-order valence-corrected chi connectivity index (χ4v) is 3.43. The minimum absolute atomic E-state index is 0.0981. The van der Waals surface area contributed by atoms with Crippen LogP contribution in [0.4, 0.5) is 0 Å². The van der Waals surface area contributed by atoms with E-state index in [0.29, 0.717) is 26.3 Å². The predicted octanol–water partition coefficient (Wildman–Crippen LogP) is 2.49. The van der Waals surface area contributed by atoms with Crippen molar-refractivity contribution in [1.82, 2.24) is 4.90 Å². The van der Waals surface area contributed by atoms with Crippen molar-refractivity contribution in [1.29, 1.82) is 0 Å². The molecule has 23 heavy (non-hydrogen) atoms. The maximum atomic E-state index is 13.0. The smallest absolute Gasteiger partial charge is 0.230 e. The Balaban J connectivity index is 2.11. The minimum atomic E-state index is -0.448. The highest BCUT2D eigenvalue weighted by molar-refractivity contribution is 5.83. The molecule has 1 saturated heterocycles. The first-order valence-corrected chi connectivity index (χ1v) is 8.41. The van der Waals surface area contributed by atoms with Crippen LogP contribution in [0.3, 0.4) is 0 Å². The Hall–Kier alpha value is -1.39. The summed E-state index contributed by atoms with van der Waals surface area (Å²) in [5.74, 6) is 0.156. The molecular weight excluding hydrogens is 288 g/mol. The summed E-state index contributed by atoms with van der Waals surface area (Å²) in [4.78, 5) is 14.9. The first-order chi connectivity index (χ1) is 10.8. The number of aryl methyl sites for hydroxylation is 1. The summed E-state index contributed by atoms with van der Waals surface area (Å²) in [5.41, 5.74) is 7.91. The molecule has 2 rings (SSSR count). The number of benzene rings is 1. The third kappa shape index (κ3) is 3.93. The number of hydrogen-bond acceptors (Lipinski definition) is 3. The minimum Gasteiger partial charge on any atom is -0.381 e. The average Bonchev–Trinajstić information content (AvgIpc) is 2.54. The van der Waals surface area contributed by atoms with Gasteiger partial charge in [-0.15, -0.1) is 0 Å². The van der Waals surface area contributed by atoms with Crippen molar-refractivity contribution in [2.45, 2.75) is 39.0 Å². The molecule has 1 fully saturated rings. The molecular formula is C19H30N2O2. The monoisotopic (exact) mass is 318 g/mol. The Kier molecular flexibility index (Phi) is 5.48. The van der Waals surface area contributed by atoms with Crippen molar-refractivity contribution in [2.75, 3.05) is 33.4 Å². The van der Waals surface area contributed by atoms with Gasteiger partial charge in [-0.1, -0.05) is 43.7 Å². The number of nitrogens with zero attached hydrogens (tertiary/aromatic N) is 1. The van der Waals surface area contributed by atoms with Crippen molar-refractivity contribution in [2.24, 2.45) is 11.1 Å². The van der Waals surface area contributed by atoms with Crippen molar-refractivity contribution >= 4 is 5.91 Å². The first kappa shape index (κ1) is 18.0. The summed E-state index contributed by atoms with van der Waals surface area (Å²) in [5, 5.41) is 0. The summed E-state index contributed by atoms with van der Waals surface area (Å²) in [6.45, 7) is 8.77. The molecule has 0 saturated carbocycles. The molecule has 1 heterocycles. The van der Waals surface area contributed by atoms with E-state index in [9.17, 15) is 4.79 Å². The van der Waals surface area contributed by atoms with Crippen LogP contribution in [0.1, 0.15) is 37.8 Å². The zero-order valence-electron chi connectivity index (χ0n) is 14.9. The SMILES string of the molecule is Cc1ccc(C(C)(C)CN(C)C(=O)C2(CN)CCOCC2)cc1.